The molecule has 1 heterocycles. The number of amides is 2. The number of hydrogen-bond donors (Lipinski definition) is 1. The van der Waals surface area contributed by atoms with Gasteiger partial charge in [-0.2, -0.15) is 0 Å². The molecule has 0 aromatic heterocycles. The maximum absolute atomic E-state index is 12.6. The van der Waals surface area contributed by atoms with Crippen molar-refractivity contribution >= 4 is 29.1 Å². The van der Waals surface area contributed by atoms with E-state index in [9.17, 15) is 9.59 Å². The van der Waals surface area contributed by atoms with E-state index in [0.29, 0.717) is 49.1 Å². The standard InChI is InChI=1S/C23H28ClN3O3/c1-16-4-6-18(7-5-16)13-23(29)27-10-8-26(9-11-27)15-22(28)25-20-12-17(2)19(24)14-21(20)30-3/h4-7,12,14H,8-11,13,15H2,1-3H3,(H,25,28). The summed E-state index contributed by atoms with van der Waals surface area (Å²) >= 11 is 6.12. The monoisotopic (exact) mass is 429 g/mol. The molecule has 7 heteroatoms. The maximum Gasteiger partial charge on any atom is 0.238 e. The van der Waals surface area contributed by atoms with E-state index in [4.69, 9.17) is 16.3 Å². The Balaban J connectivity index is 1.48. The molecule has 1 saturated heterocycles. The van der Waals surface area contributed by atoms with Crippen LogP contribution in [0.1, 0.15) is 16.7 Å². The molecule has 6 nitrogen and oxygen atoms in total. The SMILES string of the molecule is COc1cc(Cl)c(C)cc1NC(=O)CN1CCN(C(=O)Cc2ccc(C)cc2)CC1. The molecule has 0 spiro atoms. The molecular formula is C23H28ClN3O3. The maximum atomic E-state index is 12.6. The minimum Gasteiger partial charge on any atom is -0.495 e. The van der Waals surface area contributed by atoms with E-state index in [-0.39, 0.29) is 18.4 Å². The third kappa shape index (κ3) is 5.74. The molecule has 3 rings (SSSR count). The molecule has 1 N–H and O–H groups in total. The normalized spacial score (nSPS) is 14.5. The largest absolute Gasteiger partial charge is 0.495 e. The van der Waals surface area contributed by atoms with Crippen molar-refractivity contribution < 1.29 is 14.3 Å². The first-order chi connectivity index (χ1) is 14.4. The number of nitrogens with one attached hydrogen (secondary N) is 1. The van der Waals surface area contributed by atoms with Crippen molar-refractivity contribution in [3.63, 3.8) is 0 Å². The van der Waals surface area contributed by atoms with Crippen molar-refractivity contribution in [3.8, 4) is 5.75 Å². The van der Waals surface area contributed by atoms with Gasteiger partial charge in [0.2, 0.25) is 11.8 Å². The van der Waals surface area contributed by atoms with E-state index >= 15 is 0 Å². The van der Waals surface area contributed by atoms with Gasteiger partial charge in [-0.25, -0.2) is 0 Å². The minimum absolute atomic E-state index is 0.116. The molecule has 0 bridgehead atoms. The van der Waals surface area contributed by atoms with Crippen LogP contribution in [0.5, 0.6) is 5.75 Å². The summed E-state index contributed by atoms with van der Waals surface area (Å²) in [6, 6.07) is 11.6. The minimum atomic E-state index is -0.116. The van der Waals surface area contributed by atoms with E-state index in [1.165, 1.54) is 5.56 Å². The Morgan fingerprint density at radius 2 is 1.73 bits per heavy atom. The lowest BCUT2D eigenvalue weighted by Crippen LogP contribution is -2.50. The second kappa shape index (κ2) is 9.96. The van der Waals surface area contributed by atoms with Gasteiger partial charge in [-0.05, 0) is 31.0 Å². The van der Waals surface area contributed by atoms with Crippen LogP contribution in [-0.4, -0.2) is 61.4 Å². The van der Waals surface area contributed by atoms with Crippen LogP contribution in [0.3, 0.4) is 0 Å². The molecular weight excluding hydrogens is 402 g/mol. The topological polar surface area (TPSA) is 61.9 Å². The summed E-state index contributed by atoms with van der Waals surface area (Å²) in [5.74, 6) is 0.546. The van der Waals surface area contributed by atoms with Gasteiger partial charge >= 0.3 is 0 Å². The van der Waals surface area contributed by atoms with Crippen LogP contribution in [0.15, 0.2) is 36.4 Å². The summed E-state index contributed by atoms with van der Waals surface area (Å²) in [6.45, 7) is 6.77. The molecule has 160 valence electrons. The number of aryl methyl sites for hydroxylation is 2. The average Bonchev–Trinajstić information content (AvgIpc) is 2.72. The molecule has 30 heavy (non-hydrogen) atoms. The van der Waals surface area contributed by atoms with E-state index in [0.717, 1.165) is 11.1 Å². The Kier molecular flexibility index (Phi) is 7.34. The first kappa shape index (κ1) is 22.1. The molecule has 0 aliphatic carbocycles. The number of hydrogen-bond acceptors (Lipinski definition) is 4. The molecule has 0 unspecified atom stereocenters. The van der Waals surface area contributed by atoms with Crippen LogP contribution in [0, 0.1) is 13.8 Å². The Bertz CT molecular complexity index is 907. The van der Waals surface area contributed by atoms with Gasteiger partial charge in [0.25, 0.3) is 0 Å². The molecule has 0 saturated carbocycles. The summed E-state index contributed by atoms with van der Waals surface area (Å²) in [6.07, 6.45) is 0.413. The first-order valence-corrected chi connectivity index (χ1v) is 10.4. The second-order valence-corrected chi connectivity index (χ2v) is 8.08. The summed E-state index contributed by atoms with van der Waals surface area (Å²) in [5.41, 5.74) is 3.69. The van der Waals surface area contributed by atoms with Crippen LogP contribution in [0.2, 0.25) is 5.02 Å². The predicted octanol–water partition coefficient (Wildman–Crippen LogP) is 3.29. The number of carbonyl (C=O) groups excluding carboxylic acids is 2. The van der Waals surface area contributed by atoms with Crippen LogP contribution >= 0.6 is 11.6 Å². The van der Waals surface area contributed by atoms with Crippen LogP contribution in [-0.2, 0) is 16.0 Å². The summed E-state index contributed by atoms with van der Waals surface area (Å²) in [4.78, 5) is 29.0. The Morgan fingerprint density at radius 1 is 1.07 bits per heavy atom. The van der Waals surface area contributed by atoms with Gasteiger partial charge in [-0.1, -0.05) is 41.4 Å². The van der Waals surface area contributed by atoms with Gasteiger partial charge in [0, 0.05) is 37.3 Å². The number of benzene rings is 2. The highest BCUT2D eigenvalue weighted by molar-refractivity contribution is 6.31. The van der Waals surface area contributed by atoms with Gasteiger partial charge in [-0.15, -0.1) is 0 Å². The van der Waals surface area contributed by atoms with Crippen molar-refractivity contribution in [3.05, 3.63) is 58.1 Å². The molecule has 1 aliphatic heterocycles. The van der Waals surface area contributed by atoms with Gasteiger partial charge in [0.05, 0.1) is 25.8 Å². The smallest absolute Gasteiger partial charge is 0.238 e. The van der Waals surface area contributed by atoms with E-state index < -0.39 is 0 Å². The number of carbonyl (C=O) groups is 2. The number of nitrogens with zero attached hydrogens (tertiary/aromatic N) is 2. The number of ether oxygens (including phenoxy) is 1. The van der Waals surface area contributed by atoms with Gasteiger partial charge in [-0.3, -0.25) is 14.5 Å². The summed E-state index contributed by atoms with van der Waals surface area (Å²) in [5, 5.41) is 3.50. The number of rotatable bonds is 6. The third-order valence-electron chi connectivity index (χ3n) is 5.32. The van der Waals surface area contributed by atoms with Crippen LogP contribution in [0.25, 0.3) is 0 Å². The molecule has 1 fully saturated rings. The van der Waals surface area contributed by atoms with Gasteiger partial charge in [0.1, 0.15) is 5.75 Å². The highest BCUT2D eigenvalue weighted by atomic mass is 35.5. The highest BCUT2D eigenvalue weighted by Crippen LogP contribution is 2.30. The first-order valence-electron chi connectivity index (χ1n) is 10.1. The summed E-state index contributed by atoms with van der Waals surface area (Å²) in [7, 11) is 1.55. The van der Waals surface area contributed by atoms with Crippen molar-refractivity contribution in [1.29, 1.82) is 0 Å². The lowest BCUT2D eigenvalue weighted by molar-refractivity contribution is -0.132. The molecule has 2 amide bonds. The number of methoxy groups -OCH3 is 1. The van der Waals surface area contributed by atoms with Crippen LogP contribution in [0.4, 0.5) is 5.69 Å². The Morgan fingerprint density at radius 3 is 2.37 bits per heavy atom. The average molecular weight is 430 g/mol. The fourth-order valence-electron chi connectivity index (χ4n) is 3.47. The number of anilines is 1. The van der Waals surface area contributed by atoms with Gasteiger partial charge in [0.15, 0.2) is 0 Å². The van der Waals surface area contributed by atoms with Crippen molar-refractivity contribution in [2.75, 3.05) is 45.2 Å². The molecule has 0 atom stereocenters. The summed E-state index contributed by atoms with van der Waals surface area (Å²) < 4.78 is 5.31. The fourth-order valence-corrected chi connectivity index (χ4v) is 3.62. The highest BCUT2D eigenvalue weighted by Gasteiger charge is 2.23. The molecule has 2 aromatic carbocycles. The van der Waals surface area contributed by atoms with Crippen molar-refractivity contribution in [2.24, 2.45) is 0 Å². The molecule has 0 radical (unpaired) electrons. The number of piperazine rings is 1. The van der Waals surface area contributed by atoms with Gasteiger partial charge < -0.3 is 15.0 Å². The van der Waals surface area contributed by atoms with Crippen molar-refractivity contribution in [2.45, 2.75) is 20.3 Å². The Labute approximate surface area is 182 Å². The lowest BCUT2D eigenvalue weighted by Gasteiger charge is -2.34. The lowest BCUT2D eigenvalue weighted by atomic mass is 10.1. The van der Waals surface area contributed by atoms with Crippen molar-refractivity contribution in [1.82, 2.24) is 9.80 Å². The third-order valence-corrected chi connectivity index (χ3v) is 5.73. The second-order valence-electron chi connectivity index (χ2n) is 7.67. The quantitative estimate of drug-likeness (QED) is 0.765. The zero-order valence-corrected chi connectivity index (χ0v) is 18.5. The van der Waals surface area contributed by atoms with E-state index in [2.05, 4.69) is 10.2 Å². The zero-order chi connectivity index (χ0) is 21.7. The molecule has 1 aliphatic rings. The van der Waals surface area contributed by atoms with E-state index in [1.807, 2.05) is 43.0 Å². The fraction of sp³-hybridized carbons (Fsp3) is 0.391. The molecule has 2 aromatic rings. The van der Waals surface area contributed by atoms with E-state index in [1.54, 1.807) is 19.2 Å². The van der Waals surface area contributed by atoms with Crippen LogP contribution < -0.4 is 10.1 Å². The Hall–Kier alpha value is -2.57. The zero-order valence-electron chi connectivity index (χ0n) is 17.7. The predicted molar refractivity (Wildman–Crippen MR) is 119 cm³/mol. The number of halogens is 1.